The molecule has 1 N–H and O–H groups in total. The van der Waals surface area contributed by atoms with Gasteiger partial charge in [-0.3, -0.25) is 13.9 Å². The van der Waals surface area contributed by atoms with Crippen LogP contribution in [0.25, 0.3) is 0 Å². The molecule has 2 aromatic heterocycles. The zero-order valence-electron chi connectivity index (χ0n) is 29.7. The van der Waals surface area contributed by atoms with Gasteiger partial charge in [-0.15, -0.1) is 0 Å². The number of amides is 1. The second-order valence-electron chi connectivity index (χ2n) is 13.6. The maximum absolute atomic E-state index is 14.0. The molecule has 3 aliphatic rings. The molecule has 0 atom stereocenters. The smallest absolute Gasteiger partial charge is 0.322 e. The molecule has 0 radical (unpaired) electrons. The van der Waals surface area contributed by atoms with Crippen molar-refractivity contribution in [3.8, 4) is 11.5 Å². The SMILES string of the molecule is COC(=O)CS(=O)(=O)N(Cc1cc(OC)cc(OC)c1)c1cnc(C(=O)Nc2cc(C)nc(N3CCC(F)(F)CC3)n2)c(N2CCC3(CC2)CC3)c1. The summed E-state index contributed by atoms with van der Waals surface area (Å²) in [7, 11) is -0.272. The van der Waals surface area contributed by atoms with Crippen LogP contribution in [0.1, 0.15) is 60.3 Å². The number of nitrogens with zero attached hydrogens (tertiary/aromatic N) is 6. The van der Waals surface area contributed by atoms with E-state index in [1.165, 1.54) is 20.4 Å². The molecule has 1 aliphatic carbocycles. The Morgan fingerprint density at radius 1 is 0.885 bits per heavy atom. The molecule has 3 fully saturated rings. The topological polar surface area (TPSA) is 156 Å². The number of piperidine rings is 2. The Labute approximate surface area is 301 Å². The van der Waals surface area contributed by atoms with E-state index in [0.717, 1.165) is 37.1 Å². The van der Waals surface area contributed by atoms with Crippen LogP contribution in [0, 0.1) is 12.3 Å². The summed E-state index contributed by atoms with van der Waals surface area (Å²) < 4.78 is 72.0. The van der Waals surface area contributed by atoms with Gasteiger partial charge < -0.3 is 29.3 Å². The van der Waals surface area contributed by atoms with Gasteiger partial charge in [0.25, 0.3) is 11.8 Å². The highest BCUT2D eigenvalue weighted by molar-refractivity contribution is 7.93. The van der Waals surface area contributed by atoms with E-state index in [-0.39, 0.29) is 55.6 Å². The van der Waals surface area contributed by atoms with Crippen molar-refractivity contribution in [3.05, 3.63) is 53.5 Å². The Kier molecular flexibility index (Phi) is 10.4. The lowest BCUT2D eigenvalue weighted by Crippen LogP contribution is -2.40. The molecule has 4 heterocycles. The first-order chi connectivity index (χ1) is 24.7. The zero-order chi connectivity index (χ0) is 37.3. The number of nitrogens with one attached hydrogen (secondary N) is 1. The van der Waals surface area contributed by atoms with Crippen molar-refractivity contribution >= 4 is 45.0 Å². The molecule has 3 aromatic rings. The van der Waals surface area contributed by atoms with Crippen LogP contribution in [0.5, 0.6) is 11.5 Å². The molecular weight excluding hydrogens is 700 g/mol. The van der Waals surface area contributed by atoms with E-state index in [9.17, 15) is 26.8 Å². The standard InChI is InChI=1S/C35H43F2N7O7S/c1-23-15-29(41-33(39-23)43-13-9-35(36,37)10-14-43)40-32(46)31-28(42-11-7-34(5-6-34)8-12-42)18-25(20-38-31)44(52(47,48)22-30(45)51-4)21-24-16-26(49-2)19-27(17-24)50-3/h15-20H,5-14,21-22H2,1-4H3,(H,39,40,41,46). The summed E-state index contributed by atoms with van der Waals surface area (Å²) in [4.78, 5) is 43.4. The molecule has 0 unspecified atom stereocenters. The molecule has 0 bridgehead atoms. The Balaban J connectivity index is 1.36. The van der Waals surface area contributed by atoms with E-state index in [4.69, 9.17) is 14.2 Å². The molecule has 1 amide bonds. The minimum Gasteiger partial charge on any atom is -0.497 e. The molecule has 2 saturated heterocycles. The lowest BCUT2D eigenvalue weighted by Gasteiger charge is -2.35. The van der Waals surface area contributed by atoms with Crippen LogP contribution in [0.15, 0.2) is 36.5 Å². The molecule has 1 spiro atoms. The van der Waals surface area contributed by atoms with E-state index < -0.39 is 33.6 Å². The van der Waals surface area contributed by atoms with Gasteiger partial charge >= 0.3 is 5.97 Å². The minimum absolute atomic E-state index is 0.0410. The van der Waals surface area contributed by atoms with Crippen LogP contribution in [-0.2, 0) is 26.1 Å². The molecule has 280 valence electrons. The first-order valence-electron chi connectivity index (χ1n) is 17.1. The number of alkyl halides is 2. The number of sulfonamides is 1. The van der Waals surface area contributed by atoms with Crippen molar-refractivity contribution in [2.75, 3.05) is 72.7 Å². The predicted octanol–water partition coefficient (Wildman–Crippen LogP) is 4.57. The van der Waals surface area contributed by atoms with E-state index in [0.29, 0.717) is 46.9 Å². The van der Waals surface area contributed by atoms with Gasteiger partial charge in [0, 0.05) is 56.8 Å². The number of rotatable bonds is 12. The number of halogens is 2. The summed E-state index contributed by atoms with van der Waals surface area (Å²) in [6, 6.07) is 8.15. The van der Waals surface area contributed by atoms with Gasteiger partial charge in [-0.2, -0.15) is 4.98 Å². The number of carbonyl (C=O) groups excluding carboxylic acids is 2. The van der Waals surface area contributed by atoms with Crippen molar-refractivity contribution in [2.24, 2.45) is 5.41 Å². The number of benzene rings is 1. The highest BCUT2D eigenvalue weighted by Crippen LogP contribution is 2.54. The fourth-order valence-corrected chi connectivity index (χ4v) is 7.96. The number of anilines is 4. The first kappa shape index (κ1) is 37.0. The third-order valence-electron chi connectivity index (χ3n) is 9.94. The maximum atomic E-state index is 14.0. The van der Waals surface area contributed by atoms with Gasteiger partial charge in [-0.05, 0) is 61.8 Å². The van der Waals surface area contributed by atoms with Crippen LogP contribution in [-0.4, -0.2) is 94.4 Å². The lowest BCUT2D eigenvalue weighted by molar-refractivity contribution is -0.137. The summed E-state index contributed by atoms with van der Waals surface area (Å²) in [5, 5.41) is 2.81. The van der Waals surface area contributed by atoms with Gasteiger partial charge in [-0.25, -0.2) is 27.2 Å². The highest BCUT2D eigenvalue weighted by Gasteiger charge is 2.45. The number of methoxy groups -OCH3 is 3. The van der Waals surface area contributed by atoms with Crippen molar-refractivity contribution in [1.82, 2.24) is 15.0 Å². The average Bonchev–Trinajstić information content (AvgIpc) is 3.88. The van der Waals surface area contributed by atoms with E-state index in [2.05, 4.69) is 20.3 Å². The summed E-state index contributed by atoms with van der Waals surface area (Å²) >= 11 is 0. The maximum Gasteiger partial charge on any atom is 0.322 e. The van der Waals surface area contributed by atoms with Crippen LogP contribution in [0.3, 0.4) is 0 Å². The quantitative estimate of drug-likeness (QED) is 0.258. The number of pyridine rings is 1. The average molecular weight is 744 g/mol. The number of aromatic nitrogens is 3. The second kappa shape index (κ2) is 14.7. The van der Waals surface area contributed by atoms with E-state index >= 15 is 0 Å². The number of hydrogen-bond donors (Lipinski definition) is 1. The van der Waals surface area contributed by atoms with Gasteiger partial charge in [-0.1, -0.05) is 0 Å². The molecule has 6 rings (SSSR count). The third kappa shape index (κ3) is 8.45. The summed E-state index contributed by atoms with van der Waals surface area (Å²) in [6.45, 7) is 2.92. The molecular formula is C35H43F2N7O7S. The number of ether oxygens (including phenoxy) is 3. The Bertz CT molecular complexity index is 1900. The summed E-state index contributed by atoms with van der Waals surface area (Å²) in [6.07, 6.45) is 4.77. The Morgan fingerprint density at radius 3 is 2.12 bits per heavy atom. The predicted molar refractivity (Wildman–Crippen MR) is 190 cm³/mol. The van der Waals surface area contributed by atoms with Gasteiger partial charge in [0.05, 0.1) is 45.4 Å². The van der Waals surface area contributed by atoms with Crippen LogP contribution >= 0.6 is 0 Å². The second-order valence-corrected chi connectivity index (χ2v) is 15.5. The van der Waals surface area contributed by atoms with Crippen LogP contribution in [0.2, 0.25) is 0 Å². The monoisotopic (exact) mass is 743 g/mol. The number of esters is 1. The molecule has 2 aliphatic heterocycles. The fraction of sp³-hybridized carbons (Fsp3) is 0.514. The summed E-state index contributed by atoms with van der Waals surface area (Å²) in [5.41, 5.74) is 1.93. The molecule has 17 heteroatoms. The van der Waals surface area contributed by atoms with E-state index in [1.54, 1.807) is 42.2 Å². The van der Waals surface area contributed by atoms with Crippen molar-refractivity contribution < 1.29 is 41.0 Å². The Hall–Kier alpha value is -4.80. The number of carbonyl (C=O) groups is 2. The molecule has 1 saturated carbocycles. The number of aryl methyl sites for hydroxylation is 1. The Morgan fingerprint density at radius 2 is 1.52 bits per heavy atom. The summed E-state index contributed by atoms with van der Waals surface area (Å²) in [5.74, 6) is -3.92. The minimum atomic E-state index is -4.34. The number of hydrogen-bond acceptors (Lipinski definition) is 12. The first-order valence-corrected chi connectivity index (χ1v) is 18.7. The van der Waals surface area contributed by atoms with Gasteiger partial charge in [0.2, 0.25) is 16.0 Å². The van der Waals surface area contributed by atoms with Crippen molar-refractivity contribution in [2.45, 2.75) is 57.9 Å². The van der Waals surface area contributed by atoms with Gasteiger partial charge in [0.15, 0.2) is 11.4 Å². The van der Waals surface area contributed by atoms with Gasteiger partial charge in [0.1, 0.15) is 17.3 Å². The van der Waals surface area contributed by atoms with Crippen LogP contribution in [0.4, 0.5) is 31.9 Å². The third-order valence-corrected chi connectivity index (χ3v) is 11.6. The van der Waals surface area contributed by atoms with E-state index in [1.807, 2.05) is 4.90 Å². The fourth-order valence-electron chi connectivity index (χ4n) is 6.62. The highest BCUT2D eigenvalue weighted by atomic mass is 32.2. The van der Waals surface area contributed by atoms with Crippen molar-refractivity contribution in [1.29, 1.82) is 0 Å². The normalized spacial score (nSPS) is 17.7. The lowest BCUT2D eigenvalue weighted by atomic mass is 9.93. The largest absolute Gasteiger partial charge is 0.497 e. The molecule has 14 nitrogen and oxygen atoms in total. The van der Waals surface area contributed by atoms with Crippen molar-refractivity contribution in [3.63, 3.8) is 0 Å². The zero-order valence-corrected chi connectivity index (χ0v) is 30.5. The molecule has 1 aromatic carbocycles. The molecule has 52 heavy (non-hydrogen) atoms. The van der Waals surface area contributed by atoms with Crippen LogP contribution < -0.4 is 28.9 Å².